The molecule has 1 atom stereocenters. The van der Waals surface area contributed by atoms with E-state index in [1.807, 2.05) is 52.0 Å². The zero-order chi connectivity index (χ0) is 15.5. The molecule has 1 heterocycles. The molecule has 116 valence electrons. The highest BCUT2D eigenvalue weighted by molar-refractivity contribution is 5.69. The van der Waals surface area contributed by atoms with Gasteiger partial charge in [0.05, 0.1) is 6.04 Å². The van der Waals surface area contributed by atoms with Crippen LogP contribution in [0.4, 0.5) is 4.79 Å². The zero-order valence-corrected chi connectivity index (χ0v) is 13.4. The van der Waals surface area contributed by atoms with Crippen molar-refractivity contribution in [3.63, 3.8) is 0 Å². The number of ether oxygens (including phenoxy) is 2. The minimum atomic E-state index is -0.456. The molecule has 1 fully saturated rings. The fourth-order valence-corrected chi connectivity index (χ4v) is 2.40. The summed E-state index contributed by atoms with van der Waals surface area (Å²) in [6.45, 7) is 8.97. The van der Waals surface area contributed by atoms with Crippen LogP contribution in [0.25, 0.3) is 0 Å². The van der Waals surface area contributed by atoms with E-state index >= 15 is 0 Å². The van der Waals surface area contributed by atoms with Gasteiger partial charge in [-0.3, -0.25) is 0 Å². The van der Waals surface area contributed by atoms with Crippen molar-refractivity contribution >= 4 is 6.09 Å². The van der Waals surface area contributed by atoms with Crippen molar-refractivity contribution in [2.45, 2.75) is 52.2 Å². The van der Waals surface area contributed by atoms with Gasteiger partial charge in [-0.25, -0.2) is 4.79 Å². The normalized spacial score (nSPS) is 18.7. The smallest absolute Gasteiger partial charge is 0.410 e. The fraction of sp³-hybridized carbons (Fsp3) is 0.588. The molecule has 1 amide bonds. The quantitative estimate of drug-likeness (QED) is 0.851. The van der Waals surface area contributed by atoms with Gasteiger partial charge in [-0.2, -0.15) is 0 Å². The SMILES string of the molecule is Cc1ccc(OC[C@@H]2CCCN2C(=O)OC(C)(C)C)cc1. The molecule has 0 N–H and O–H groups in total. The molecule has 1 aliphatic rings. The topological polar surface area (TPSA) is 38.8 Å². The number of aryl methyl sites for hydroxylation is 1. The summed E-state index contributed by atoms with van der Waals surface area (Å²) in [6.07, 6.45) is 1.73. The number of carbonyl (C=O) groups is 1. The molecule has 21 heavy (non-hydrogen) atoms. The molecule has 0 aliphatic carbocycles. The molecule has 0 aromatic heterocycles. The van der Waals surface area contributed by atoms with Crippen molar-refractivity contribution in [2.24, 2.45) is 0 Å². The Kier molecular flexibility index (Phi) is 4.76. The van der Waals surface area contributed by atoms with E-state index in [2.05, 4.69) is 0 Å². The van der Waals surface area contributed by atoms with Crippen molar-refractivity contribution in [3.8, 4) is 5.75 Å². The standard InChI is InChI=1S/C17H25NO3/c1-13-7-9-15(10-8-13)20-12-14-6-5-11-18(14)16(19)21-17(2,3)4/h7-10,14H,5-6,11-12H2,1-4H3/t14-/m0/s1. The minimum Gasteiger partial charge on any atom is -0.491 e. The first-order valence-electron chi connectivity index (χ1n) is 7.54. The van der Waals surface area contributed by atoms with Crippen LogP contribution in [0.1, 0.15) is 39.2 Å². The van der Waals surface area contributed by atoms with Crippen LogP contribution in [-0.2, 0) is 4.74 Å². The van der Waals surface area contributed by atoms with Gasteiger partial charge < -0.3 is 14.4 Å². The van der Waals surface area contributed by atoms with E-state index in [-0.39, 0.29) is 12.1 Å². The van der Waals surface area contributed by atoms with E-state index in [1.165, 1.54) is 5.56 Å². The fourth-order valence-electron chi connectivity index (χ4n) is 2.40. The Labute approximate surface area is 127 Å². The first kappa shape index (κ1) is 15.7. The van der Waals surface area contributed by atoms with Gasteiger partial charge in [0, 0.05) is 6.54 Å². The van der Waals surface area contributed by atoms with E-state index < -0.39 is 5.60 Å². The molecule has 0 unspecified atom stereocenters. The summed E-state index contributed by atoms with van der Waals surface area (Å²) < 4.78 is 11.3. The number of hydrogen-bond donors (Lipinski definition) is 0. The van der Waals surface area contributed by atoms with Crippen LogP contribution in [0, 0.1) is 6.92 Å². The summed E-state index contributed by atoms with van der Waals surface area (Å²) in [4.78, 5) is 14.0. The Balaban J connectivity index is 1.90. The average molecular weight is 291 g/mol. The molecular formula is C17H25NO3. The number of benzene rings is 1. The highest BCUT2D eigenvalue weighted by Crippen LogP contribution is 2.22. The Morgan fingerprint density at radius 1 is 1.29 bits per heavy atom. The lowest BCUT2D eigenvalue weighted by atomic mass is 10.2. The van der Waals surface area contributed by atoms with Crippen LogP contribution in [0.15, 0.2) is 24.3 Å². The van der Waals surface area contributed by atoms with Crippen LogP contribution in [0.2, 0.25) is 0 Å². The first-order valence-corrected chi connectivity index (χ1v) is 7.54. The Morgan fingerprint density at radius 2 is 1.95 bits per heavy atom. The second-order valence-electron chi connectivity index (χ2n) is 6.59. The van der Waals surface area contributed by atoms with E-state index in [4.69, 9.17) is 9.47 Å². The van der Waals surface area contributed by atoms with Crippen LogP contribution < -0.4 is 4.74 Å². The van der Waals surface area contributed by atoms with Gasteiger partial charge in [-0.1, -0.05) is 17.7 Å². The lowest BCUT2D eigenvalue weighted by Crippen LogP contribution is -2.42. The molecule has 0 saturated carbocycles. The van der Waals surface area contributed by atoms with Gasteiger partial charge in [-0.05, 0) is 52.7 Å². The number of amides is 1. The van der Waals surface area contributed by atoms with E-state index in [1.54, 1.807) is 4.90 Å². The number of likely N-dealkylation sites (tertiary alicyclic amines) is 1. The summed E-state index contributed by atoms with van der Waals surface area (Å²) in [7, 11) is 0. The van der Waals surface area contributed by atoms with Gasteiger partial charge in [0.25, 0.3) is 0 Å². The van der Waals surface area contributed by atoms with E-state index in [9.17, 15) is 4.79 Å². The van der Waals surface area contributed by atoms with Gasteiger partial charge in [-0.15, -0.1) is 0 Å². The van der Waals surface area contributed by atoms with Crippen molar-refractivity contribution in [1.29, 1.82) is 0 Å². The van der Waals surface area contributed by atoms with Crippen molar-refractivity contribution in [1.82, 2.24) is 4.90 Å². The summed E-state index contributed by atoms with van der Waals surface area (Å²) in [5.74, 6) is 0.844. The van der Waals surface area contributed by atoms with Crippen LogP contribution in [0.3, 0.4) is 0 Å². The summed E-state index contributed by atoms with van der Waals surface area (Å²) in [5, 5.41) is 0. The summed E-state index contributed by atoms with van der Waals surface area (Å²) in [6, 6.07) is 8.07. The largest absolute Gasteiger partial charge is 0.491 e. The maximum absolute atomic E-state index is 12.2. The second kappa shape index (κ2) is 6.37. The average Bonchev–Trinajstić information content (AvgIpc) is 2.84. The molecule has 4 nitrogen and oxygen atoms in total. The first-order chi connectivity index (χ1) is 9.85. The molecule has 2 rings (SSSR count). The highest BCUT2D eigenvalue weighted by atomic mass is 16.6. The second-order valence-corrected chi connectivity index (χ2v) is 6.59. The third-order valence-corrected chi connectivity index (χ3v) is 3.47. The van der Waals surface area contributed by atoms with Gasteiger partial charge in [0.1, 0.15) is 18.0 Å². The summed E-state index contributed by atoms with van der Waals surface area (Å²) >= 11 is 0. The Hall–Kier alpha value is -1.71. The minimum absolute atomic E-state index is 0.0983. The monoisotopic (exact) mass is 291 g/mol. The number of hydrogen-bond acceptors (Lipinski definition) is 3. The maximum Gasteiger partial charge on any atom is 0.410 e. The number of rotatable bonds is 3. The third kappa shape index (κ3) is 4.66. The van der Waals surface area contributed by atoms with E-state index in [0.29, 0.717) is 6.61 Å². The van der Waals surface area contributed by atoms with Crippen LogP contribution >= 0.6 is 0 Å². The number of carbonyl (C=O) groups excluding carboxylic acids is 1. The third-order valence-electron chi connectivity index (χ3n) is 3.47. The van der Waals surface area contributed by atoms with Crippen LogP contribution in [0.5, 0.6) is 5.75 Å². The summed E-state index contributed by atoms with van der Waals surface area (Å²) in [5.41, 5.74) is 0.751. The molecule has 1 aromatic carbocycles. The maximum atomic E-state index is 12.2. The predicted octanol–water partition coefficient (Wildman–Crippen LogP) is 3.77. The Morgan fingerprint density at radius 3 is 2.57 bits per heavy atom. The number of nitrogens with zero attached hydrogens (tertiary/aromatic N) is 1. The molecule has 4 heteroatoms. The molecule has 1 saturated heterocycles. The molecule has 1 aromatic rings. The Bertz CT molecular complexity index is 476. The molecule has 0 spiro atoms. The molecule has 0 bridgehead atoms. The van der Waals surface area contributed by atoms with E-state index in [0.717, 1.165) is 25.1 Å². The lowest BCUT2D eigenvalue weighted by molar-refractivity contribution is 0.0187. The molecule has 0 radical (unpaired) electrons. The van der Waals surface area contributed by atoms with Crippen LogP contribution in [-0.4, -0.2) is 35.8 Å². The van der Waals surface area contributed by atoms with Crippen molar-refractivity contribution in [3.05, 3.63) is 29.8 Å². The lowest BCUT2D eigenvalue weighted by Gasteiger charge is -2.28. The van der Waals surface area contributed by atoms with Crippen molar-refractivity contribution < 1.29 is 14.3 Å². The predicted molar refractivity (Wildman–Crippen MR) is 82.6 cm³/mol. The molecule has 1 aliphatic heterocycles. The van der Waals surface area contributed by atoms with Gasteiger partial charge >= 0.3 is 6.09 Å². The van der Waals surface area contributed by atoms with Gasteiger partial charge in [0.2, 0.25) is 0 Å². The van der Waals surface area contributed by atoms with Crippen molar-refractivity contribution in [2.75, 3.05) is 13.2 Å². The zero-order valence-electron chi connectivity index (χ0n) is 13.4. The highest BCUT2D eigenvalue weighted by Gasteiger charge is 2.32. The molecular weight excluding hydrogens is 266 g/mol. The van der Waals surface area contributed by atoms with Gasteiger partial charge in [0.15, 0.2) is 0 Å².